The third-order valence-electron chi connectivity index (χ3n) is 8.61. The summed E-state index contributed by atoms with van der Waals surface area (Å²) in [6.07, 6.45) is 0.367. The molecule has 0 aromatic heterocycles. The van der Waals surface area contributed by atoms with E-state index in [-0.39, 0.29) is 12.0 Å². The minimum atomic E-state index is -1.89. The maximum atomic E-state index is 11.7. The zero-order valence-corrected chi connectivity index (χ0v) is 32.0. The van der Waals surface area contributed by atoms with E-state index >= 15 is 0 Å². The molecule has 8 heteroatoms. The van der Waals surface area contributed by atoms with Gasteiger partial charge in [0.1, 0.15) is 0 Å². The van der Waals surface area contributed by atoms with Crippen LogP contribution in [0.5, 0.6) is 5.75 Å². The van der Waals surface area contributed by atoms with Gasteiger partial charge in [-0.2, -0.15) is 6.67 Å². The summed E-state index contributed by atoms with van der Waals surface area (Å²) in [5.74, 6) is 2.79. The molecule has 0 radical (unpaired) electrons. The van der Waals surface area contributed by atoms with Crippen molar-refractivity contribution in [2.75, 3.05) is 28.2 Å². The van der Waals surface area contributed by atoms with E-state index in [4.69, 9.17) is 19.4 Å². The van der Waals surface area contributed by atoms with Crippen molar-refractivity contribution in [3.63, 3.8) is 0 Å². The number of rotatable bonds is 8. The number of fused-ring (bicyclic) bond motifs is 1. The van der Waals surface area contributed by atoms with Crippen molar-refractivity contribution in [3.05, 3.63) is 89.1 Å². The van der Waals surface area contributed by atoms with E-state index in [1.165, 1.54) is 33.6 Å². The Hall–Kier alpha value is -2.40. The number of nitrogens with zero attached hydrogens (tertiary/aromatic N) is 2. The Labute approximate surface area is 290 Å². The van der Waals surface area contributed by atoms with Gasteiger partial charge in [-0.3, -0.25) is 0 Å². The van der Waals surface area contributed by atoms with Gasteiger partial charge in [0.2, 0.25) is 0 Å². The number of aliphatic hydroxyl groups is 1. The summed E-state index contributed by atoms with van der Waals surface area (Å²) in [5, 5.41) is 2.85. The van der Waals surface area contributed by atoms with Crippen LogP contribution in [0, 0.1) is 6.67 Å². The number of anilines is 3. The normalized spacial score (nSPS) is 16.4. The molecule has 2 N–H and O–H groups in total. The first-order chi connectivity index (χ1) is 21.8. The van der Waals surface area contributed by atoms with Crippen molar-refractivity contribution in [1.29, 1.82) is 0 Å². The topological polar surface area (TPSA) is 48.4 Å². The van der Waals surface area contributed by atoms with Crippen molar-refractivity contribution in [2.45, 2.75) is 98.5 Å². The molecule has 5 nitrogen and oxygen atoms in total. The standard InChI is InChI=1S/C27H39N2.C11H11NO2.2ClH.Ru/c1-18(2)22-11-9-12-23(19(3)4)26(22)28-15-16-29(17-28)27-24(20(5)6)13-10-14-25(27)21(7)8;1-3-9-11(13)12-8-6-4-5-7(2)10(8)14-9;;;/h9-14,17-21H,15-16H2,1-8H3;2,4-6,9H,3H2,1H3,(H,12,13);2*1H;/q-1;;;;+2/p-1. The van der Waals surface area contributed by atoms with Crippen molar-refractivity contribution in [1.82, 2.24) is 0 Å². The van der Waals surface area contributed by atoms with Crippen LogP contribution in [0.2, 0.25) is 0 Å². The number of para-hydroxylation sites is 3. The van der Waals surface area contributed by atoms with Crippen LogP contribution in [0.1, 0.15) is 120 Å². The van der Waals surface area contributed by atoms with E-state index in [2.05, 4.69) is 118 Å². The zero-order chi connectivity index (χ0) is 33.7. The van der Waals surface area contributed by atoms with E-state index < -0.39 is 13.5 Å². The van der Waals surface area contributed by atoms with Gasteiger partial charge in [-0.05, 0) is 45.9 Å². The Kier molecular flexibility index (Phi) is 12.8. The number of halogens is 2. The van der Waals surface area contributed by atoms with Gasteiger partial charge in [0.05, 0.1) is 0 Å². The van der Waals surface area contributed by atoms with Crippen molar-refractivity contribution < 1.29 is 23.0 Å². The number of amides is 1. The number of hydrogen-bond donors (Lipinski definition) is 1. The number of hydrogen-bond acceptors (Lipinski definition) is 3. The minimum absolute atomic E-state index is 0.0527. The number of aromatic hydroxyl groups is 1. The first kappa shape index (κ1) is 36.4. The molecular weight excluding hydrogens is 702 g/mol. The Morgan fingerprint density at radius 3 is 1.63 bits per heavy atom. The second-order valence-electron chi connectivity index (χ2n) is 13.3. The fourth-order valence-electron chi connectivity index (χ4n) is 6.20. The Morgan fingerprint density at radius 2 is 1.24 bits per heavy atom. The molecule has 1 atom stereocenters. The second-order valence-corrected chi connectivity index (χ2v) is 19.0. The maximum absolute atomic E-state index is 11.7. The van der Waals surface area contributed by atoms with Crippen LogP contribution in [0.25, 0.3) is 0 Å². The molecule has 0 saturated carbocycles. The molecule has 0 spiro atoms. The van der Waals surface area contributed by atoms with Gasteiger partial charge < -0.3 is 9.80 Å². The summed E-state index contributed by atoms with van der Waals surface area (Å²) >= 11 is -1.89. The van der Waals surface area contributed by atoms with Crippen molar-refractivity contribution in [3.8, 4) is 5.75 Å². The SMILES string of the molecule is CC(C)c1cccc(C(C)C)c1N1[CH-]N(c2c(C(C)C)cccc2C(C)C)CC1.CCC1[OH+]c2c([CH]=[Ru]([Cl])[Cl])cccc2NC1=O. The quantitative estimate of drug-likeness (QED) is 0.108. The van der Waals surface area contributed by atoms with Crippen LogP contribution in [0.3, 0.4) is 0 Å². The molecule has 1 saturated heterocycles. The molecule has 1 amide bonds. The van der Waals surface area contributed by atoms with Crippen LogP contribution in [-0.4, -0.2) is 34.4 Å². The monoisotopic (exact) mass is 753 g/mol. The fraction of sp³-hybridized carbons (Fsp3) is 0.447. The molecule has 2 aliphatic heterocycles. The predicted molar refractivity (Wildman–Crippen MR) is 196 cm³/mol. The Morgan fingerprint density at radius 1 is 0.804 bits per heavy atom. The first-order valence-electron chi connectivity index (χ1n) is 16.5. The molecule has 0 bridgehead atoms. The van der Waals surface area contributed by atoms with E-state index in [0.29, 0.717) is 30.1 Å². The van der Waals surface area contributed by atoms with Gasteiger partial charge in [0.25, 0.3) is 0 Å². The first-order valence-corrected chi connectivity index (χ1v) is 21.9. The van der Waals surface area contributed by atoms with Gasteiger partial charge in [-0.25, -0.2) is 0 Å². The molecule has 252 valence electrons. The third-order valence-corrected chi connectivity index (χ3v) is 10.4. The van der Waals surface area contributed by atoms with Crippen LogP contribution in [-0.2, 0) is 18.3 Å². The molecule has 5 rings (SSSR count). The number of carbonyl (C=O) groups is 1. The average Bonchev–Trinajstić information content (AvgIpc) is 3.49. The third kappa shape index (κ3) is 8.36. The predicted octanol–water partition coefficient (Wildman–Crippen LogP) is 10.4. The number of ether oxygens (including phenoxy) is 1. The Bertz CT molecular complexity index is 1430. The van der Waals surface area contributed by atoms with Crippen LogP contribution in [0.15, 0.2) is 54.6 Å². The molecule has 46 heavy (non-hydrogen) atoms. The van der Waals surface area contributed by atoms with Crippen molar-refractivity contribution in [2.24, 2.45) is 0 Å². The molecule has 1 fully saturated rings. The van der Waals surface area contributed by atoms with Gasteiger partial charge in [-0.15, -0.1) is 0 Å². The number of nitrogens with one attached hydrogen (secondary N) is 1. The number of benzene rings is 3. The Balaban J connectivity index is 0.000000240. The fourth-order valence-corrected chi connectivity index (χ4v) is 8.00. The molecular formula is C38H51Cl2N3O2Ru. The molecule has 3 aromatic carbocycles. The summed E-state index contributed by atoms with van der Waals surface area (Å²) in [7, 11) is 11.8. The van der Waals surface area contributed by atoms with Gasteiger partial charge in [0, 0.05) is 24.5 Å². The summed E-state index contributed by atoms with van der Waals surface area (Å²) in [4.78, 5) is 16.7. The summed E-state index contributed by atoms with van der Waals surface area (Å²) in [6.45, 7) is 24.8. The van der Waals surface area contributed by atoms with Crippen LogP contribution >= 0.6 is 19.4 Å². The average molecular weight is 754 g/mol. The number of carbonyl (C=O) groups excluding carboxylic acids is 1. The van der Waals surface area contributed by atoms with Crippen LogP contribution < -0.4 is 15.1 Å². The molecule has 0 aliphatic carbocycles. The van der Waals surface area contributed by atoms with E-state index in [1.54, 1.807) is 0 Å². The van der Waals surface area contributed by atoms with Gasteiger partial charge in [0.15, 0.2) is 0 Å². The summed E-state index contributed by atoms with van der Waals surface area (Å²) < 4.78 is 6.31. The van der Waals surface area contributed by atoms with Crippen molar-refractivity contribution >= 4 is 47.0 Å². The second kappa shape index (κ2) is 16.1. The molecule has 2 aliphatic rings. The van der Waals surface area contributed by atoms with Crippen LogP contribution in [0.4, 0.5) is 17.1 Å². The molecule has 1 unspecified atom stereocenters. The summed E-state index contributed by atoms with van der Waals surface area (Å²) in [5.41, 5.74) is 10.3. The molecule has 3 aromatic rings. The summed E-state index contributed by atoms with van der Waals surface area (Å²) in [6, 6.07) is 19.3. The molecule has 2 heterocycles. The van der Waals surface area contributed by atoms with Gasteiger partial charge in [-0.1, -0.05) is 91.8 Å². The van der Waals surface area contributed by atoms with E-state index in [9.17, 15) is 4.79 Å². The zero-order valence-electron chi connectivity index (χ0n) is 28.7. The van der Waals surface area contributed by atoms with E-state index in [1.807, 2.05) is 29.7 Å². The van der Waals surface area contributed by atoms with E-state index in [0.717, 1.165) is 30.1 Å². The van der Waals surface area contributed by atoms with Gasteiger partial charge >= 0.3 is 113 Å².